The molecule has 0 N–H and O–H groups in total. The second kappa shape index (κ2) is 7.54. The van der Waals surface area contributed by atoms with Crippen molar-refractivity contribution in [2.75, 3.05) is 19.8 Å². The first-order valence-electron chi connectivity index (χ1n) is 7.40. The van der Waals surface area contributed by atoms with E-state index in [1.54, 1.807) is 0 Å². The lowest BCUT2D eigenvalue weighted by molar-refractivity contribution is -0.143. The number of rotatable bonds is 7. The normalized spacial score (nSPS) is 20.9. The lowest BCUT2D eigenvalue weighted by atomic mass is 9.97. The molecule has 0 aliphatic carbocycles. The maximum absolute atomic E-state index is 11.4. The van der Waals surface area contributed by atoms with Gasteiger partial charge in [-0.1, -0.05) is 20.8 Å². The average molecular weight is 304 g/mol. The van der Waals surface area contributed by atoms with Crippen LogP contribution < -0.4 is 0 Å². The van der Waals surface area contributed by atoms with Crippen LogP contribution in [0.1, 0.15) is 47.5 Å². The molecular formula is C14H28O5Si. The summed E-state index contributed by atoms with van der Waals surface area (Å²) in [4.78, 5) is 11.4. The standard InChI is InChI=1S/C14H28O5Si/c1-6-7-13(15)16-8-9-20(19-12(2)3)17-10-14(4,5)11-18-20/h12H,6-11H2,1-5H3. The van der Waals surface area contributed by atoms with Crippen LogP contribution in [0.15, 0.2) is 0 Å². The first kappa shape index (κ1) is 17.6. The van der Waals surface area contributed by atoms with Crippen LogP contribution in [0.4, 0.5) is 0 Å². The summed E-state index contributed by atoms with van der Waals surface area (Å²) in [6.07, 6.45) is 1.29. The van der Waals surface area contributed by atoms with Gasteiger partial charge in [-0.25, -0.2) is 0 Å². The van der Waals surface area contributed by atoms with Gasteiger partial charge in [-0.3, -0.25) is 4.79 Å². The summed E-state index contributed by atoms with van der Waals surface area (Å²) in [5.74, 6) is -0.169. The first-order valence-corrected chi connectivity index (χ1v) is 9.33. The van der Waals surface area contributed by atoms with Crippen LogP contribution in [0.5, 0.6) is 0 Å². The second-order valence-electron chi connectivity index (χ2n) is 6.31. The van der Waals surface area contributed by atoms with E-state index in [1.807, 2.05) is 20.8 Å². The number of carbonyl (C=O) groups excluding carboxylic acids is 1. The molecule has 118 valence electrons. The molecule has 0 bridgehead atoms. The zero-order valence-electron chi connectivity index (χ0n) is 13.4. The average Bonchev–Trinajstić information content (AvgIpc) is 2.33. The minimum absolute atomic E-state index is 0.00965. The van der Waals surface area contributed by atoms with E-state index >= 15 is 0 Å². The van der Waals surface area contributed by atoms with Crippen molar-refractivity contribution in [3.63, 3.8) is 0 Å². The molecule has 0 aromatic carbocycles. The van der Waals surface area contributed by atoms with Crippen molar-refractivity contribution >= 4 is 14.8 Å². The molecule has 1 rings (SSSR count). The number of esters is 1. The predicted molar refractivity (Wildman–Crippen MR) is 78.3 cm³/mol. The van der Waals surface area contributed by atoms with Gasteiger partial charge in [-0.05, 0) is 20.3 Å². The Hall–Kier alpha value is -0.433. The summed E-state index contributed by atoms with van der Waals surface area (Å²) in [6, 6.07) is 0.525. The van der Waals surface area contributed by atoms with E-state index in [9.17, 15) is 4.79 Å². The molecule has 0 saturated carbocycles. The largest absolute Gasteiger partial charge is 0.504 e. The van der Waals surface area contributed by atoms with Crippen LogP contribution in [0, 0.1) is 5.41 Å². The Kier molecular flexibility index (Phi) is 6.64. The van der Waals surface area contributed by atoms with E-state index in [0.717, 1.165) is 6.42 Å². The van der Waals surface area contributed by atoms with E-state index in [-0.39, 0.29) is 17.5 Å². The third kappa shape index (κ3) is 5.91. The van der Waals surface area contributed by atoms with Crippen molar-refractivity contribution in [2.45, 2.75) is 59.6 Å². The maximum atomic E-state index is 11.4. The first-order chi connectivity index (χ1) is 9.29. The molecular weight excluding hydrogens is 276 g/mol. The molecule has 1 aliphatic rings. The third-order valence-corrected chi connectivity index (χ3v) is 5.72. The minimum atomic E-state index is -2.70. The molecule has 20 heavy (non-hydrogen) atoms. The molecule has 1 fully saturated rings. The van der Waals surface area contributed by atoms with Crippen LogP contribution in [0.25, 0.3) is 0 Å². The summed E-state index contributed by atoms with van der Waals surface area (Å²) in [5.41, 5.74) is 0.00965. The van der Waals surface area contributed by atoms with E-state index in [4.69, 9.17) is 18.0 Å². The lowest BCUT2D eigenvalue weighted by Gasteiger charge is -2.41. The van der Waals surface area contributed by atoms with E-state index in [2.05, 4.69) is 13.8 Å². The van der Waals surface area contributed by atoms with Crippen LogP contribution in [0.3, 0.4) is 0 Å². The Balaban J connectivity index is 2.50. The van der Waals surface area contributed by atoms with Gasteiger partial charge in [0, 0.05) is 31.2 Å². The highest BCUT2D eigenvalue weighted by molar-refractivity contribution is 6.61. The second-order valence-corrected chi connectivity index (χ2v) is 8.99. The Morgan fingerprint density at radius 1 is 1.30 bits per heavy atom. The van der Waals surface area contributed by atoms with Crippen LogP contribution in [-0.2, 0) is 22.8 Å². The van der Waals surface area contributed by atoms with Crippen molar-refractivity contribution in [3.05, 3.63) is 0 Å². The zero-order chi connectivity index (χ0) is 15.2. The van der Waals surface area contributed by atoms with Crippen molar-refractivity contribution in [3.8, 4) is 0 Å². The van der Waals surface area contributed by atoms with Crippen molar-refractivity contribution < 1.29 is 22.8 Å². The van der Waals surface area contributed by atoms with E-state index < -0.39 is 8.80 Å². The van der Waals surface area contributed by atoms with Gasteiger partial charge in [0.2, 0.25) is 0 Å². The molecule has 5 nitrogen and oxygen atoms in total. The summed E-state index contributed by atoms with van der Waals surface area (Å²) in [5, 5.41) is 0. The highest BCUT2D eigenvalue weighted by atomic mass is 28.4. The molecule has 1 saturated heterocycles. The Labute approximate surface area is 123 Å². The summed E-state index contributed by atoms with van der Waals surface area (Å²) in [6.45, 7) is 11.6. The molecule has 0 aromatic rings. The molecule has 0 atom stereocenters. The van der Waals surface area contributed by atoms with E-state index in [1.165, 1.54) is 0 Å². The van der Waals surface area contributed by atoms with Gasteiger partial charge in [0.05, 0.1) is 12.7 Å². The molecule has 1 heterocycles. The summed E-state index contributed by atoms with van der Waals surface area (Å²) < 4.78 is 23.0. The minimum Gasteiger partial charge on any atom is -0.466 e. The van der Waals surface area contributed by atoms with Gasteiger partial charge < -0.3 is 18.0 Å². The Morgan fingerprint density at radius 2 is 1.90 bits per heavy atom. The van der Waals surface area contributed by atoms with Crippen LogP contribution in [-0.4, -0.2) is 40.7 Å². The van der Waals surface area contributed by atoms with Gasteiger partial charge >= 0.3 is 14.8 Å². The fourth-order valence-corrected chi connectivity index (χ4v) is 4.81. The van der Waals surface area contributed by atoms with E-state index in [0.29, 0.717) is 32.3 Å². The quantitative estimate of drug-likeness (QED) is 0.535. The van der Waals surface area contributed by atoms with Gasteiger partial charge in [-0.2, -0.15) is 0 Å². The smallest absolute Gasteiger partial charge is 0.466 e. The number of ether oxygens (including phenoxy) is 1. The molecule has 0 radical (unpaired) electrons. The fourth-order valence-electron chi connectivity index (χ4n) is 1.89. The molecule has 0 unspecified atom stereocenters. The van der Waals surface area contributed by atoms with Gasteiger partial charge in [0.25, 0.3) is 0 Å². The molecule has 1 aliphatic heterocycles. The SMILES string of the molecule is CCCC(=O)OCC[Si]1(OC(C)C)OCC(C)(C)CO1. The monoisotopic (exact) mass is 304 g/mol. The Morgan fingerprint density at radius 3 is 2.40 bits per heavy atom. The summed E-state index contributed by atoms with van der Waals surface area (Å²) in [7, 11) is -2.70. The predicted octanol–water partition coefficient (Wildman–Crippen LogP) is 2.77. The topological polar surface area (TPSA) is 54.0 Å². The number of hydrogen-bond donors (Lipinski definition) is 0. The van der Waals surface area contributed by atoms with Gasteiger partial charge in [0.15, 0.2) is 0 Å². The van der Waals surface area contributed by atoms with Crippen molar-refractivity contribution in [1.82, 2.24) is 0 Å². The van der Waals surface area contributed by atoms with Crippen molar-refractivity contribution in [1.29, 1.82) is 0 Å². The molecule has 6 heteroatoms. The molecule has 0 spiro atoms. The highest BCUT2D eigenvalue weighted by Crippen LogP contribution is 2.30. The lowest BCUT2D eigenvalue weighted by Crippen LogP contribution is -2.55. The van der Waals surface area contributed by atoms with Gasteiger partial charge in [-0.15, -0.1) is 0 Å². The highest BCUT2D eigenvalue weighted by Gasteiger charge is 2.48. The van der Waals surface area contributed by atoms with Crippen LogP contribution in [0.2, 0.25) is 6.04 Å². The number of carbonyl (C=O) groups is 1. The fraction of sp³-hybridized carbons (Fsp3) is 0.929. The molecule has 0 amide bonds. The van der Waals surface area contributed by atoms with Crippen molar-refractivity contribution in [2.24, 2.45) is 5.41 Å². The maximum Gasteiger partial charge on any atom is 0.504 e. The Bertz CT molecular complexity index is 307. The number of hydrogen-bond acceptors (Lipinski definition) is 5. The zero-order valence-corrected chi connectivity index (χ0v) is 14.4. The van der Waals surface area contributed by atoms with Gasteiger partial charge in [0.1, 0.15) is 0 Å². The third-order valence-electron chi connectivity index (χ3n) is 2.91. The molecule has 0 aromatic heterocycles. The summed E-state index contributed by atoms with van der Waals surface area (Å²) >= 11 is 0. The van der Waals surface area contributed by atoms with Crippen LogP contribution >= 0.6 is 0 Å².